The van der Waals surface area contributed by atoms with Gasteiger partial charge in [-0.1, -0.05) is 11.6 Å². The number of carbonyl (C=O) groups excluding carboxylic acids is 1. The predicted octanol–water partition coefficient (Wildman–Crippen LogP) is 2.67. The van der Waals surface area contributed by atoms with Gasteiger partial charge in [0, 0.05) is 17.5 Å². The summed E-state index contributed by atoms with van der Waals surface area (Å²) in [5, 5.41) is 12.1. The van der Waals surface area contributed by atoms with E-state index in [-0.39, 0.29) is 11.9 Å². The predicted molar refractivity (Wildman–Crippen MR) is 72.3 cm³/mol. The van der Waals surface area contributed by atoms with Crippen LogP contribution in [0.2, 0.25) is 5.02 Å². The van der Waals surface area contributed by atoms with Gasteiger partial charge in [0.2, 0.25) is 5.91 Å². The highest BCUT2D eigenvalue weighted by Gasteiger charge is 2.07. The van der Waals surface area contributed by atoms with Crippen LogP contribution in [0.25, 0.3) is 0 Å². The summed E-state index contributed by atoms with van der Waals surface area (Å²) in [6.07, 6.45) is 1.92. The Morgan fingerprint density at radius 2 is 2.33 bits per heavy atom. The van der Waals surface area contributed by atoms with E-state index < -0.39 is 0 Å². The van der Waals surface area contributed by atoms with Crippen molar-refractivity contribution in [1.29, 1.82) is 5.26 Å². The second-order valence-corrected chi connectivity index (χ2v) is 4.66. The highest BCUT2D eigenvalue weighted by molar-refractivity contribution is 6.31. The van der Waals surface area contributed by atoms with Crippen LogP contribution in [0.1, 0.15) is 31.7 Å². The maximum absolute atomic E-state index is 11.7. The minimum atomic E-state index is -0.130. The number of nitrogens with two attached hydrogens (primary N) is 1. The molecule has 96 valence electrons. The van der Waals surface area contributed by atoms with Crippen LogP contribution in [0, 0.1) is 11.3 Å². The summed E-state index contributed by atoms with van der Waals surface area (Å²) in [5.41, 5.74) is 6.46. The Morgan fingerprint density at radius 1 is 1.61 bits per heavy atom. The van der Waals surface area contributed by atoms with Crippen molar-refractivity contribution >= 4 is 23.2 Å². The lowest BCUT2D eigenvalue weighted by atomic mass is 10.1. The first-order chi connectivity index (χ1) is 8.52. The molecule has 4 nitrogen and oxygen atoms in total. The van der Waals surface area contributed by atoms with Crippen molar-refractivity contribution in [1.82, 2.24) is 0 Å². The number of nitrogens with zero attached hydrogens (tertiary/aromatic N) is 1. The Hall–Kier alpha value is -1.57. The van der Waals surface area contributed by atoms with Crippen LogP contribution in [-0.4, -0.2) is 11.9 Å². The number of benzene rings is 1. The Morgan fingerprint density at radius 3 is 2.94 bits per heavy atom. The smallest absolute Gasteiger partial charge is 0.224 e. The van der Waals surface area contributed by atoms with Crippen molar-refractivity contribution in [3.05, 3.63) is 28.8 Å². The summed E-state index contributed by atoms with van der Waals surface area (Å²) >= 11 is 5.83. The van der Waals surface area contributed by atoms with Gasteiger partial charge >= 0.3 is 0 Å². The van der Waals surface area contributed by atoms with Crippen molar-refractivity contribution in [2.24, 2.45) is 5.73 Å². The van der Waals surface area contributed by atoms with Gasteiger partial charge in [0.25, 0.3) is 0 Å². The lowest BCUT2D eigenvalue weighted by Gasteiger charge is -2.08. The maximum atomic E-state index is 11.7. The molecule has 1 aromatic rings. The van der Waals surface area contributed by atoms with Crippen LogP contribution >= 0.6 is 11.6 Å². The van der Waals surface area contributed by atoms with E-state index in [4.69, 9.17) is 22.6 Å². The Bertz CT molecular complexity index is 466. The molecule has 0 spiro atoms. The van der Waals surface area contributed by atoms with Gasteiger partial charge in [-0.25, -0.2) is 0 Å². The van der Waals surface area contributed by atoms with E-state index >= 15 is 0 Å². The van der Waals surface area contributed by atoms with E-state index in [1.807, 2.05) is 13.0 Å². The monoisotopic (exact) mass is 265 g/mol. The lowest BCUT2D eigenvalue weighted by molar-refractivity contribution is -0.116. The van der Waals surface area contributed by atoms with Gasteiger partial charge in [0.1, 0.15) is 6.07 Å². The highest BCUT2D eigenvalue weighted by atomic mass is 35.5. The first kappa shape index (κ1) is 14.5. The van der Waals surface area contributed by atoms with Gasteiger partial charge in [-0.05, 0) is 38.0 Å². The fourth-order valence-corrected chi connectivity index (χ4v) is 1.69. The fourth-order valence-electron chi connectivity index (χ4n) is 1.51. The summed E-state index contributed by atoms with van der Waals surface area (Å²) in [5.74, 6) is -0.130. The Labute approximate surface area is 112 Å². The summed E-state index contributed by atoms with van der Waals surface area (Å²) in [6, 6.07) is 6.88. The number of hydrogen-bond donors (Lipinski definition) is 2. The molecule has 18 heavy (non-hydrogen) atoms. The molecule has 1 amide bonds. The molecule has 3 N–H and O–H groups in total. The number of nitriles is 1. The third-order valence-corrected chi connectivity index (χ3v) is 2.67. The Balaban J connectivity index is 2.59. The standard InChI is InChI=1S/C13H16ClN3O/c1-9(16)3-2-4-13(18)17-12-7-11(14)6-5-10(12)8-15/h5-7,9H,2-4,16H2,1H3,(H,17,18). The summed E-state index contributed by atoms with van der Waals surface area (Å²) in [4.78, 5) is 11.7. The molecule has 0 aliphatic rings. The van der Waals surface area contributed by atoms with Gasteiger partial charge in [0.05, 0.1) is 11.3 Å². The third kappa shape index (κ3) is 4.74. The SMILES string of the molecule is CC(N)CCCC(=O)Nc1cc(Cl)ccc1C#N. The molecule has 0 aliphatic carbocycles. The summed E-state index contributed by atoms with van der Waals surface area (Å²) in [7, 11) is 0. The van der Waals surface area contributed by atoms with Crippen LogP contribution in [0.4, 0.5) is 5.69 Å². The molecule has 5 heteroatoms. The number of hydrogen-bond acceptors (Lipinski definition) is 3. The molecule has 1 atom stereocenters. The topological polar surface area (TPSA) is 78.9 Å². The molecular weight excluding hydrogens is 250 g/mol. The van der Waals surface area contributed by atoms with Crippen LogP contribution in [0.5, 0.6) is 0 Å². The van der Waals surface area contributed by atoms with Crippen molar-refractivity contribution in [2.75, 3.05) is 5.32 Å². The quantitative estimate of drug-likeness (QED) is 0.859. The molecule has 1 aromatic carbocycles. The molecule has 0 saturated heterocycles. The Kier molecular flexibility index (Phi) is 5.63. The molecule has 0 bridgehead atoms. The van der Waals surface area contributed by atoms with Crippen LogP contribution in [-0.2, 0) is 4.79 Å². The average molecular weight is 266 g/mol. The number of carbonyl (C=O) groups is 1. The zero-order valence-corrected chi connectivity index (χ0v) is 11.0. The van der Waals surface area contributed by atoms with E-state index in [0.717, 1.165) is 12.8 Å². The number of anilines is 1. The molecule has 0 saturated carbocycles. The average Bonchev–Trinajstić information content (AvgIpc) is 2.28. The molecular formula is C13H16ClN3O. The molecule has 0 aliphatic heterocycles. The minimum absolute atomic E-state index is 0.0960. The second-order valence-electron chi connectivity index (χ2n) is 4.22. The largest absolute Gasteiger partial charge is 0.328 e. The van der Waals surface area contributed by atoms with Crippen molar-refractivity contribution in [2.45, 2.75) is 32.2 Å². The van der Waals surface area contributed by atoms with Crippen LogP contribution in [0.15, 0.2) is 18.2 Å². The van der Waals surface area contributed by atoms with Crippen molar-refractivity contribution in [3.63, 3.8) is 0 Å². The van der Waals surface area contributed by atoms with Gasteiger partial charge in [-0.3, -0.25) is 4.79 Å². The van der Waals surface area contributed by atoms with E-state index in [0.29, 0.717) is 22.7 Å². The number of amides is 1. The van der Waals surface area contributed by atoms with Gasteiger partial charge in [0.15, 0.2) is 0 Å². The zero-order chi connectivity index (χ0) is 13.5. The third-order valence-electron chi connectivity index (χ3n) is 2.44. The maximum Gasteiger partial charge on any atom is 0.224 e. The summed E-state index contributed by atoms with van der Waals surface area (Å²) < 4.78 is 0. The lowest BCUT2D eigenvalue weighted by Crippen LogP contribution is -2.17. The van der Waals surface area contributed by atoms with Gasteiger partial charge in [-0.2, -0.15) is 5.26 Å². The van der Waals surface area contributed by atoms with Crippen LogP contribution in [0.3, 0.4) is 0 Å². The normalized spacial score (nSPS) is 11.7. The molecule has 0 fully saturated rings. The second kappa shape index (κ2) is 7.00. The number of halogens is 1. The van der Waals surface area contributed by atoms with E-state index in [1.54, 1.807) is 18.2 Å². The van der Waals surface area contributed by atoms with Gasteiger partial charge in [-0.15, -0.1) is 0 Å². The fraction of sp³-hybridized carbons (Fsp3) is 0.385. The molecule has 0 heterocycles. The summed E-state index contributed by atoms with van der Waals surface area (Å²) in [6.45, 7) is 1.91. The van der Waals surface area contributed by atoms with E-state index in [2.05, 4.69) is 5.32 Å². The van der Waals surface area contributed by atoms with Gasteiger partial charge < -0.3 is 11.1 Å². The number of rotatable bonds is 5. The highest BCUT2D eigenvalue weighted by Crippen LogP contribution is 2.20. The zero-order valence-electron chi connectivity index (χ0n) is 10.2. The first-order valence-electron chi connectivity index (χ1n) is 5.78. The number of nitrogens with one attached hydrogen (secondary N) is 1. The minimum Gasteiger partial charge on any atom is -0.328 e. The van der Waals surface area contributed by atoms with Crippen molar-refractivity contribution in [3.8, 4) is 6.07 Å². The van der Waals surface area contributed by atoms with Crippen molar-refractivity contribution < 1.29 is 4.79 Å². The van der Waals surface area contributed by atoms with E-state index in [1.165, 1.54) is 0 Å². The molecule has 1 unspecified atom stereocenters. The van der Waals surface area contributed by atoms with Crippen LogP contribution < -0.4 is 11.1 Å². The first-order valence-corrected chi connectivity index (χ1v) is 6.16. The molecule has 0 aromatic heterocycles. The van der Waals surface area contributed by atoms with E-state index in [9.17, 15) is 4.79 Å². The molecule has 0 radical (unpaired) electrons. The molecule has 1 rings (SSSR count).